The Hall–Kier alpha value is -0.450. The molecule has 0 radical (unpaired) electrons. The molecule has 4 atom stereocenters. The van der Waals surface area contributed by atoms with Gasteiger partial charge in [0.15, 0.2) is 0 Å². The molecule has 2 fully saturated rings. The van der Waals surface area contributed by atoms with E-state index in [4.69, 9.17) is 10.2 Å². The van der Waals surface area contributed by atoms with Crippen LogP contribution in [0.2, 0.25) is 0 Å². The van der Waals surface area contributed by atoms with Gasteiger partial charge in [-0.25, -0.2) is 0 Å². The predicted molar refractivity (Wildman–Crippen MR) is 80.5 cm³/mol. The van der Waals surface area contributed by atoms with Crippen molar-refractivity contribution < 1.29 is 4.42 Å². The number of furan rings is 1. The summed E-state index contributed by atoms with van der Waals surface area (Å²) in [6, 6.07) is 5.14. The Labute approximate surface area is 119 Å². The first-order valence-electron chi connectivity index (χ1n) is 7.34. The molecule has 1 aliphatic heterocycles. The molecule has 3 rings (SSSR count). The minimum absolute atomic E-state index is 0.249. The van der Waals surface area contributed by atoms with Crippen LogP contribution in [0.25, 0.3) is 0 Å². The van der Waals surface area contributed by atoms with Crippen molar-refractivity contribution in [3.63, 3.8) is 0 Å². The van der Waals surface area contributed by atoms with Crippen LogP contribution in [-0.4, -0.2) is 35.5 Å². The largest absolute Gasteiger partial charge is 0.464 e. The Morgan fingerprint density at radius 2 is 2.26 bits per heavy atom. The average molecular weight is 280 g/mol. The fourth-order valence-electron chi connectivity index (χ4n) is 3.08. The maximum Gasteiger partial charge on any atom is 0.122 e. The van der Waals surface area contributed by atoms with Crippen molar-refractivity contribution in [1.82, 2.24) is 4.90 Å². The van der Waals surface area contributed by atoms with Crippen LogP contribution in [0.3, 0.4) is 0 Å². The Kier molecular flexibility index (Phi) is 3.92. The zero-order chi connectivity index (χ0) is 13.4. The number of hydrogen-bond acceptors (Lipinski definition) is 4. The second-order valence-corrected chi connectivity index (χ2v) is 7.12. The summed E-state index contributed by atoms with van der Waals surface area (Å²) >= 11 is 2.04. The summed E-state index contributed by atoms with van der Waals surface area (Å²) in [5.74, 6) is 6.08. The van der Waals surface area contributed by atoms with Crippen LogP contribution in [0, 0.1) is 5.92 Å². The van der Waals surface area contributed by atoms with Crippen LogP contribution >= 0.6 is 11.8 Å². The lowest BCUT2D eigenvalue weighted by Gasteiger charge is -2.37. The third kappa shape index (κ3) is 2.71. The molecular weight excluding hydrogens is 256 g/mol. The Morgan fingerprint density at radius 3 is 2.89 bits per heavy atom. The summed E-state index contributed by atoms with van der Waals surface area (Å²) in [7, 11) is 0. The first-order valence-corrected chi connectivity index (χ1v) is 8.49. The second-order valence-electron chi connectivity index (χ2n) is 5.97. The van der Waals surface area contributed by atoms with Gasteiger partial charge in [0.05, 0.1) is 6.04 Å². The highest BCUT2D eigenvalue weighted by molar-refractivity contribution is 7.99. The van der Waals surface area contributed by atoms with Gasteiger partial charge in [0.2, 0.25) is 0 Å². The minimum Gasteiger partial charge on any atom is -0.464 e. The van der Waals surface area contributed by atoms with Crippen LogP contribution < -0.4 is 5.73 Å². The molecule has 2 N–H and O–H groups in total. The Balaban J connectivity index is 1.75. The van der Waals surface area contributed by atoms with Gasteiger partial charge in [0.1, 0.15) is 11.5 Å². The van der Waals surface area contributed by atoms with Gasteiger partial charge >= 0.3 is 0 Å². The lowest BCUT2D eigenvalue weighted by Crippen LogP contribution is -2.45. The molecule has 4 unspecified atom stereocenters. The van der Waals surface area contributed by atoms with Crippen LogP contribution in [0.1, 0.15) is 43.7 Å². The minimum atomic E-state index is 0.249. The number of nitrogens with zero attached hydrogens (tertiary/aromatic N) is 1. The van der Waals surface area contributed by atoms with Crippen molar-refractivity contribution in [2.45, 2.75) is 38.3 Å². The van der Waals surface area contributed by atoms with E-state index >= 15 is 0 Å². The lowest BCUT2D eigenvalue weighted by atomic mass is 10.1. The van der Waals surface area contributed by atoms with Gasteiger partial charge in [-0.05, 0) is 31.4 Å². The highest BCUT2D eigenvalue weighted by Crippen LogP contribution is 2.47. The van der Waals surface area contributed by atoms with Gasteiger partial charge < -0.3 is 10.2 Å². The van der Waals surface area contributed by atoms with Gasteiger partial charge in [-0.3, -0.25) is 4.90 Å². The van der Waals surface area contributed by atoms with Crippen molar-refractivity contribution in [3.05, 3.63) is 23.7 Å². The molecule has 0 amide bonds. The quantitative estimate of drug-likeness (QED) is 0.921. The van der Waals surface area contributed by atoms with Gasteiger partial charge in [-0.15, -0.1) is 0 Å². The molecule has 0 spiro atoms. The van der Waals surface area contributed by atoms with E-state index in [0.29, 0.717) is 18.5 Å². The van der Waals surface area contributed by atoms with E-state index in [0.717, 1.165) is 18.2 Å². The summed E-state index contributed by atoms with van der Waals surface area (Å²) in [5, 5.41) is 0. The van der Waals surface area contributed by atoms with E-state index in [-0.39, 0.29) is 6.04 Å². The Morgan fingerprint density at radius 1 is 1.47 bits per heavy atom. The van der Waals surface area contributed by atoms with Crippen LogP contribution in [-0.2, 0) is 0 Å². The van der Waals surface area contributed by atoms with Gasteiger partial charge in [0, 0.05) is 36.6 Å². The summed E-state index contributed by atoms with van der Waals surface area (Å²) in [6.45, 7) is 6.34. The number of rotatable bonds is 4. The molecule has 1 aromatic rings. The lowest BCUT2D eigenvalue weighted by molar-refractivity contribution is 0.146. The normalized spacial score (nSPS) is 33.3. The van der Waals surface area contributed by atoms with Crippen LogP contribution in [0.15, 0.2) is 16.5 Å². The molecule has 1 saturated carbocycles. The fraction of sp³-hybridized carbons (Fsp3) is 0.733. The molecule has 1 aliphatic carbocycles. The molecule has 2 aliphatic rings. The molecule has 106 valence electrons. The second kappa shape index (κ2) is 5.51. The zero-order valence-corrected chi connectivity index (χ0v) is 12.7. The molecule has 2 heterocycles. The maximum atomic E-state index is 6.10. The fourth-order valence-corrected chi connectivity index (χ4v) is 4.12. The Bertz CT molecular complexity index is 434. The zero-order valence-electron chi connectivity index (χ0n) is 11.8. The molecule has 0 bridgehead atoms. The van der Waals surface area contributed by atoms with E-state index in [9.17, 15) is 0 Å². The molecule has 1 saturated heterocycles. The summed E-state index contributed by atoms with van der Waals surface area (Å²) in [5.41, 5.74) is 6.02. The SMILES string of the molecule is CC1CC1c1ccc(C(CN)N2CCSCC2C)o1. The first-order chi connectivity index (χ1) is 9.20. The number of nitrogens with two attached hydrogens (primary N) is 1. The van der Waals surface area contributed by atoms with Crippen molar-refractivity contribution in [2.75, 3.05) is 24.6 Å². The highest BCUT2D eigenvalue weighted by Gasteiger charge is 2.37. The molecule has 0 aromatic carbocycles. The predicted octanol–water partition coefficient (Wildman–Crippen LogP) is 2.84. The summed E-state index contributed by atoms with van der Waals surface area (Å²) in [4.78, 5) is 2.51. The van der Waals surface area contributed by atoms with Gasteiger partial charge in [0.25, 0.3) is 0 Å². The summed E-state index contributed by atoms with van der Waals surface area (Å²) < 4.78 is 6.10. The van der Waals surface area contributed by atoms with E-state index in [1.54, 1.807) is 0 Å². The molecule has 1 aromatic heterocycles. The smallest absolute Gasteiger partial charge is 0.122 e. The van der Waals surface area contributed by atoms with Crippen molar-refractivity contribution in [1.29, 1.82) is 0 Å². The molecular formula is C15H24N2OS. The third-order valence-corrected chi connectivity index (χ3v) is 5.68. The van der Waals surface area contributed by atoms with Crippen LogP contribution in [0.5, 0.6) is 0 Å². The monoisotopic (exact) mass is 280 g/mol. The molecule has 3 nitrogen and oxygen atoms in total. The van der Waals surface area contributed by atoms with Gasteiger partial charge in [-0.2, -0.15) is 11.8 Å². The third-order valence-electron chi connectivity index (χ3n) is 4.49. The molecule has 4 heteroatoms. The van der Waals surface area contributed by atoms with Crippen LogP contribution in [0.4, 0.5) is 0 Å². The molecule has 19 heavy (non-hydrogen) atoms. The highest BCUT2D eigenvalue weighted by atomic mass is 32.2. The number of thioether (sulfide) groups is 1. The van der Waals surface area contributed by atoms with Crippen molar-refractivity contribution in [2.24, 2.45) is 11.7 Å². The topological polar surface area (TPSA) is 42.4 Å². The van der Waals surface area contributed by atoms with E-state index < -0.39 is 0 Å². The summed E-state index contributed by atoms with van der Waals surface area (Å²) in [6.07, 6.45) is 1.27. The van der Waals surface area contributed by atoms with E-state index in [1.165, 1.54) is 23.7 Å². The van der Waals surface area contributed by atoms with Crippen molar-refractivity contribution in [3.8, 4) is 0 Å². The standard InChI is InChI=1S/C15H24N2OS/c1-10-7-12(10)14-3-4-15(18-14)13(8-16)17-5-6-19-9-11(17)2/h3-4,10-13H,5-9,16H2,1-2H3. The van der Waals surface area contributed by atoms with E-state index in [1.807, 2.05) is 11.8 Å². The first kappa shape index (κ1) is 13.5. The number of hydrogen-bond donors (Lipinski definition) is 1. The van der Waals surface area contributed by atoms with E-state index in [2.05, 4.69) is 30.9 Å². The van der Waals surface area contributed by atoms with Gasteiger partial charge in [-0.1, -0.05) is 6.92 Å². The maximum absolute atomic E-state index is 6.10. The average Bonchev–Trinajstić information content (AvgIpc) is 2.95. The van der Waals surface area contributed by atoms with Crippen molar-refractivity contribution >= 4 is 11.8 Å².